The highest BCUT2D eigenvalue weighted by molar-refractivity contribution is 9.10. The fraction of sp³-hybridized carbons (Fsp3) is 0.167. The van der Waals surface area contributed by atoms with E-state index in [1.807, 2.05) is 20.0 Å². The molecule has 0 saturated heterocycles. The van der Waals surface area contributed by atoms with Crippen LogP contribution < -0.4 is 5.32 Å². The summed E-state index contributed by atoms with van der Waals surface area (Å²) < 4.78 is 2.39. The largest absolute Gasteiger partial charge is 0.305 e. The molecule has 0 aliphatic rings. The molecule has 0 spiro atoms. The average molecular weight is 329 g/mol. The molecule has 1 N–H and O–H groups in total. The van der Waals surface area contributed by atoms with Gasteiger partial charge in [-0.1, -0.05) is 11.6 Å². The standard InChI is InChI=1S/C12H11BrClN3O/c1-7-5-11(16-17(7)2)15-12(18)8-3-4-10(14)9(13)6-8/h3-6H,1-2H3,(H,15,16,18). The zero-order valence-corrected chi connectivity index (χ0v) is 12.2. The maximum Gasteiger partial charge on any atom is 0.256 e. The van der Waals surface area contributed by atoms with Gasteiger partial charge in [-0.15, -0.1) is 0 Å². The second-order valence-electron chi connectivity index (χ2n) is 3.88. The lowest BCUT2D eigenvalue weighted by Gasteiger charge is -2.03. The Hall–Kier alpha value is -1.33. The second kappa shape index (κ2) is 5.12. The number of hydrogen-bond donors (Lipinski definition) is 1. The molecule has 0 unspecified atom stereocenters. The average Bonchev–Trinajstić information content (AvgIpc) is 2.61. The van der Waals surface area contributed by atoms with Crippen molar-refractivity contribution < 1.29 is 4.79 Å². The van der Waals surface area contributed by atoms with Gasteiger partial charge in [-0.05, 0) is 41.1 Å². The van der Waals surface area contributed by atoms with Crippen molar-refractivity contribution in [2.24, 2.45) is 7.05 Å². The highest BCUT2D eigenvalue weighted by Crippen LogP contribution is 2.23. The van der Waals surface area contributed by atoms with Crippen LogP contribution in [0.2, 0.25) is 5.02 Å². The van der Waals surface area contributed by atoms with Gasteiger partial charge in [0.2, 0.25) is 0 Å². The molecule has 0 fully saturated rings. The number of nitrogens with one attached hydrogen (secondary N) is 1. The van der Waals surface area contributed by atoms with Gasteiger partial charge in [-0.25, -0.2) is 0 Å². The summed E-state index contributed by atoms with van der Waals surface area (Å²) >= 11 is 9.16. The van der Waals surface area contributed by atoms with Crippen LogP contribution in [0.4, 0.5) is 5.82 Å². The van der Waals surface area contributed by atoms with E-state index in [0.717, 1.165) is 5.69 Å². The van der Waals surface area contributed by atoms with Crippen LogP contribution >= 0.6 is 27.5 Å². The summed E-state index contributed by atoms with van der Waals surface area (Å²) in [7, 11) is 1.82. The number of nitrogens with zero attached hydrogens (tertiary/aromatic N) is 2. The van der Waals surface area contributed by atoms with E-state index in [4.69, 9.17) is 11.6 Å². The van der Waals surface area contributed by atoms with E-state index in [0.29, 0.717) is 20.9 Å². The van der Waals surface area contributed by atoms with E-state index in [-0.39, 0.29) is 5.91 Å². The molecule has 4 nitrogen and oxygen atoms in total. The molecule has 0 bridgehead atoms. The predicted molar refractivity (Wildman–Crippen MR) is 75.1 cm³/mol. The van der Waals surface area contributed by atoms with Crippen molar-refractivity contribution in [2.75, 3.05) is 5.32 Å². The Morgan fingerprint density at radius 3 is 2.72 bits per heavy atom. The van der Waals surface area contributed by atoms with E-state index in [9.17, 15) is 4.79 Å². The van der Waals surface area contributed by atoms with E-state index in [1.54, 1.807) is 22.9 Å². The van der Waals surface area contributed by atoms with Crippen LogP contribution in [0.3, 0.4) is 0 Å². The minimum absolute atomic E-state index is 0.217. The molecule has 0 aliphatic carbocycles. The molecule has 1 aromatic heterocycles. The number of aromatic nitrogens is 2. The van der Waals surface area contributed by atoms with E-state index in [2.05, 4.69) is 26.3 Å². The number of anilines is 1. The Balaban J connectivity index is 2.19. The molecular formula is C12H11BrClN3O. The second-order valence-corrected chi connectivity index (χ2v) is 5.14. The van der Waals surface area contributed by atoms with Crippen molar-refractivity contribution >= 4 is 39.3 Å². The zero-order valence-electron chi connectivity index (χ0n) is 9.87. The minimum Gasteiger partial charge on any atom is -0.305 e. The Morgan fingerprint density at radius 1 is 1.44 bits per heavy atom. The summed E-state index contributed by atoms with van der Waals surface area (Å²) in [6, 6.07) is 6.82. The Morgan fingerprint density at radius 2 is 2.17 bits per heavy atom. The molecule has 2 aromatic rings. The summed E-state index contributed by atoms with van der Waals surface area (Å²) in [4.78, 5) is 12.0. The van der Waals surface area contributed by atoms with Crippen LogP contribution in [-0.4, -0.2) is 15.7 Å². The van der Waals surface area contributed by atoms with Gasteiger partial charge >= 0.3 is 0 Å². The number of aryl methyl sites for hydroxylation is 2. The third-order valence-corrected chi connectivity index (χ3v) is 3.75. The third kappa shape index (κ3) is 2.73. The van der Waals surface area contributed by atoms with Gasteiger partial charge in [0.05, 0.1) is 5.02 Å². The van der Waals surface area contributed by atoms with Crippen molar-refractivity contribution in [1.82, 2.24) is 9.78 Å². The molecule has 1 heterocycles. The van der Waals surface area contributed by atoms with Gasteiger partial charge in [0.1, 0.15) is 0 Å². The van der Waals surface area contributed by atoms with Gasteiger partial charge in [0.25, 0.3) is 5.91 Å². The Kier molecular flexibility index (Phi) is 3.73. The molecule has 1 aromatic carbocycles. The molecule has 0 aliphatic heterocycles. The van der Waals surface area contributed by atoms with Gasteiger partial charge in [-0.2, -0.15) is 5.10 Å². The molecule has 1 amide bonds. The number of halogens is 2. The number of carbonyl (C=O) groups is 1. The maximum absolute atomic E-state index is 12.0. The summed E-state index contributed by atoms with van der Waals surface area (Å²) in [5.74, 6) is 0.316. The van der Waals surface area contributed by atoms with Crippen LogP contribution in [-0.2, 0) is 7.05 Å². The van der Waals surface area contributed by atoms with E-state index < -0.39 is 0 Å². The first-order valence-corrected chi connectivity index (χ1v) is 6.41. The number of hydrogen-bond acceptors (Lipinski definition) is 2. The van der Waals surface area contributed by atoms with Gasteiger partial charge in [-0.3, -0.25) is 9.48 Å². The number of amides is 1. The van der Waals surface area contributed by atoms with Crippen molar-refractivity contribution in [3.8, 4) is 0 Å². The monoisotopic (exact) mass is 327 g/mol. The zero-order chi connectivity index (χ0) is 13.3. The van der Waals surface area contributed by atoms with Gasteiger partial charge in [0, 0.05) is 28.8 Å². The fourth-order valence-electron chi connectivity index (χ4n) is 1.45. The number of carbonyl (C=O) groups excluding carboxylic acids is 1. The first kappa shape index (κ1) is 13.1. The van der Waals surface area contributed by atoms with Gasteiger partial charge < -0.3 is 5.32 Å². The van der Waals surface area contributed by atoms with Crippen molar-refractivity contribution in [3.05, 3.63) is 45.0 Å². The van der Waals surface area contributed by atoms with Crippen LogP contribution in [0.1, 0.15) is 16.1 Å². The highest BCUT2D eigenvalue weighted by atomic mass is 79.9. The molecule has 0 atom stereocenters. The number of rotatable bonds is 2. The van der Waals surface area contributed by atoms with Crippen LogP contribution in [0.5, 0.6) is 0 Å². The Labute approximate surface area is 118 Å². The van der Waals surface area contributed by atoms with Crippen molar-refractivity contribution in [1.29, 1.82) is 0 Å². The molecule has 0 radical (unpaired) electrons. The third-order valence-electron chi connectivity index (χ3n) is 2.54. The van der Waals surface area contributed by atoms with Crippen LogP contribution in [0.25, 0.3) is 0 Å². The van der Waals surface area contributed by atoms with Crippen molar-refractivity contribution in [2.45, 2.75) is 6.92 Å². The normalized spacial score (nSPS) is 10.4. The molecule has 2 rings (SSSR count). The first-order chi connectivity index (χ1) is 8.47. The fourth-order valence-corrected chi connectivity index (χ4v) is 1.94. The van der Waals surface area contributed by atoms with Crippen LogP contribution in [0.15, 0.2) is 28.7 Å². The maximum atomic E-state index is 12.0. The minimum atomic E-state index is -0.217. The van der Waals surface area contributed by atoms with E-state index in [1.165, 1.54) is 0 Å². The summed E-state index contributed by atoms with van der Waals surface area (Å²) in [6.45, 7) is 1.92. The molecule has 94 valence electrons. The lowest BCUT2D eigenvalue weighted by atomic mass is 10.2. The number of benzene rings is 1. The SMILES string of the molecule is Cc1cc(NC(=O)c2ccc(Cl)c(Br)c2)nn1C. The van der Waals surface area contributed by atoms with Gasteiger partial charge in [0.15, 0.2) is 5.82 Å². The van der Waals surface area contributed by atoms with E-state index >= 15 is 0 Å². The topological polar surface area (TPSA) is 46.9 Å². The lowest BCUT2D eigenvalue weighted by Crippen LogP contribution is -2.12. The molecule has 6 heteroatoms. The summed E-state index contributed by atoms with van der Waals surface area (Å²) in [6.07, 6.45) is 0. The van der Waals surface area contributed by atoms with Crippen molar-refractivity contribution in [3.63, 3.8) is 0 Å². The first-order valence-electron chi connectivity index (χ1n) is 5.24. The lowest BCUT2D eigenvalue weighted by molar-refractivity contribution is 0.102. The predicted octanol–water partition coefficient (Wildman–Crippen LogP) is 3.40. The molecule has 0 saturated carbocycles. The smallest absolute Gasteiger partial charge is 0.256 e. The summed E-state index contributed by atoms with van der Waals surface area (Å²) in [5.41, 5.74) is 1.50. The summed E-state index contributed by atoms with van der Waals surface area (Å²) in [5, 5.41) is 7.46. The van der Waals surface area contributed by atoms with Crippen LogP contribution in [0, 0.1) is 6.92 Å². The molecule has 18 heavy (non-hydrogen) atoms. The Bertz CT molecular complexity index is 590. The quantitative estimate of drug-likeness (QED) is 0.918. The highest BCUT2D eigenvalue weighted by Gasteiger charge is 2.10. The molecular weight excluding hydrogens is 318 g/mol.